The first-order valence-corrected chi connectivity index (χ1v) is 8.24. The lowest BCUT2D eigenvalue weighted by atomic mass is 9.94. The summed E-state index contributed by atoms with van der Waals surface area (Å²) < 4.78 is 5.94. The van der Waals surface area contributed by atoms with Gasteiger partial charge in [-0.15, -0.1) is 0 Å². The van der Waals surface area contributed by atoms with Crippen LogP contribution in [-0.2, 0) is 4.79 Å². The lowest BCUT2D eigenvalue weighted by molar-refractivity contribution is -0.120. The molecule has 0 atom stereocenters. The van der Waals surface area contributed by atoms with Gasteiger partial charge in [-0.3, -0.25) is 4.79 Å². The van der Waals surface area contributed by atoms with Crippen LogP contribution in [0.3, 0.4) is 0 Å². The van der Waals surface area contributed by atoms with Crippen molar-refractivity contribution in [2.75, 3.05) is 11.1 Å². The molecule has 0 bridgehead atoms. The van der Waals surface area contributed by atoms with Gasteiger partial charge in [-0.1, -0.05) is 11.6 Å². The molecule has 24 heavy (non-hydrogen) atoms. The van der Waals surface area contributed by atoms with Crippen molar-refractivity contribution in [1.82, 2.24) is 9.97 Å². The van der Waals surface area contributed by atoms with Crippen LogP contribution in [0.25, 0.3) is 0 Å². The Labute approximate surface area is 145 Å². The molecule has 0 saturated heterocycles. The molecular formula is C17H19ClN4O2. The van der Waals surface area contributed by atoms with Crippen LogP contribution >= 0.6 is 11.6 Å². The predicted octanol–water partition coefficient (Wildman–Crippen LogP) is 3.74. The molecule has 7 heteroatoms. The summed E-state index contributed by atoms with van der Waals surface area (Å²) in [5.41, 5.74) is 6.62. The van der Waals surface area contributed by atoms with Gasteiger partial charge in [-0.05, 0) is 43.5 Å². The van der Waals surface area contributed by atoms with E-state index in [0.717, 1.165) is 18.4 Å². The molecule has 1 aromatic heterocycles. The van der Waals surface area contributed by atoms with Gasteiger partial charge in [0.05, 0.1) is 6.20 Å². The third kappa shape index (κ3) is 3.94. The minimum atomic E-state index is 0.171. The first kappa shape index (κ1) is 16.5. The first-order valence-electron chi connectivity index (χ1n) is 7.86. The van der Waals surface area contributed by atoms with Crippen molar-refractivity contribution in [3.8, 4) is 11.5 Å². The number of hydrogen-bond acceptors (Lipinski definition) is 6. The number of ketones is 1. The molecule has 1 heterocycles. The van der Waals surface area contributed by atoms with Crippen LogP contribution in [0.4, 0.5) is 11.8 Å². The monoisotopic (exact) mass is 346 g/mol. The highest BCUT2D eigenvalue weighted by atomic mass is 35.5. The number of ether oxygens (including phenoxy) is 1. The Morgan fingerprint density at radius 1 is 1.29 bits per heavy atom. The Bertz CT molecular complexity index is 756. The van der Waals surface area contributed by atoms with E-state index < -0.39 is 0 Å². The molecule has 1 aliphatic carbocycles. The lowest BCUT2D eigenvalue weighted by Gasteiger charge is -2.23. The minimum absolute atomic E-state index is 0.171. The molecule has 0 unspecified atom stereocenters. The Balaban J connectivity index is 1.81. The number of nitrogen functional groups attached to an aromatic ring is 1. The Kier molecular flexibility index (Phi) is 4.85. The summed E-state index contributed by atoms with van der Waals surface area (Å²) in [6, 6.07) is 5.57. The quantitative estimate of drug-likeness (QED) is 0.876. The van der Waals surface area contributed by atoms with Crippen molar-refractivity contribution in [1.29, 1.82) is 0 Å². The molecule has 1 fully saturated rings. The van der Waals surface area contributed by atoms with Gasteiger partial charge in [0.2, 0.25) is 5.95 Å². The molecule has 1 aromatic carbocycles. The van der Waals surface area contributed by atoms with Crippen LogP contribution in [0.15, 0.2) is 24.4 Å². The SMILES string of the molecule is Cc1cc(Cl)ccc1Oc1cnc(N)nc1NC1CCC(=O)CC1. The molecular weight excluding hydrogens is 328 g/mol. The van der Waals surface area contributed by atoms with Gasteiger partial charge < -0.3 is 15.8 Å². The number of hydrogen-bond donors (Lipinski definition) is 2. The number of anilines is 2. The van der Waals surface area contributed by atoms with Gasteiger partial charge in [0.25, 0.3) is 0 Å². The fourth-order valence-corrected chi connectivity index (χ4v) is 2.91. The summed E-state index contributed by atoms with van der Waals surface area (Å²) in [5, 5.41) is 3.98. The third-order valence-corrected chi connectivity index (χ3v) is 4.25. The zero-order valence-corrected chi connectivity index (χ0v) is 14.1. The van der Waals surface area contributed by atoms with Crippen LogP contribution in [0, 0.1) is 6.92 Å². The number of benzene rings is 1. The number of carbonyl (C=O) groups excluding carboxylic acids is 1. The van der Waals surface area contributed by atoms with Crippen molar-refractivity contribution in [3.63, 3.8) is 0 Å². The molecule has 0 radical (unpaired) electrons. The number of aryl methyl sites for hydroxylation is 1. The predicted molar refractivity (Wildman–Crippen MR) is 93.6 cm³/mol. The van der Waals surface area contributed by atoms with Gasteiger partial charge in [0, 0.05) is 23.9 Å². The van der Waals surface area contributed by atoms with Crippen LogP contribution in [0.1, 0.15) is 31.2 Å². The normalized spacial score (nSPS) is 15.3. The average molecular weight is 347 g/mol. The van der Waals surface area contributed by atoms with E-state index in [1.165, 1.54) is 0 Å². The summed E-state index contributed by atoms with van der Waals surface area (Å²) in [5.74, 6) is 2.19. The second-order valence-corrected chi connectivity index (χ2v) is 6.35. The number of aromatic nitrogens is 2. The summed E-state index contributed by atoms with van der Waals surface area (Å²) in [6.45, 7) is 1.92. The fraction of sp³-hybridized carbons (Fsp3) is 0.353. The molecule has 6 nitrogen and oxygen atoms in total. The van der Waals surface area contributed by atoms with Crippen LogP contribution in [0.5, 0.6) is 11.5 Å². The standard InChI is InChI=1S/C17H19ClN4O2/c1-10-8-11(18)2-7-14(10)24-15-9-20-17(19)22-16(15)21-12-3-5-13(23)6-4-12/h2,7-9,12H,3-6H2,1H3,(H3,19,20,21,22). The summed E-state index contributed by atoms with van der Waals surface area (Å²) in [4.78, 5) is 19.6. The highest BCUT2D eigenvalue weighted by Crippen LogP contribution is 2.32. The van der Waals surface area contributed by atoms with E-state index in [1.807, 2.05) is 13.0 Å². The van der Waals surface area contributed by atoms with Gasteiger partial charge in [-0.2, -0.15) is 4.98 Å². The Hall–Kier alpha value is -2.34. The largest absolute Gasteiger partial charge is 0.452 e. The van der Waals surface area contributed by atoms with Gasteiger partial charge in [0.1, 0.15) is 11.5 Å². The van der Waals surface area contributed by atoms with Crippen molar-refractivity contribution >= 4 is 29.2 Å². The third-order valence-electron chi connectivity index (χ3n) is 4.01. The molecule has 1 aliphatic rings. The van der Waals surface area contributed by atoms with Crippen molar-refractivity contribution in [3.05, 3.63) is 35.0 Å². The maximum absolute atomic E-state index is 11.4. The lowest BCUT2D eigenvalue weighted by Crippen LogP contribution is -2.26. The fourth-order valence-electron chi connectivity index (χ4n) is 2.69. The van der Waals surface area contributed by atoms with Gasteiger partial charge in [0.15, 0.2) is 11.6 Å². The van der Waals surface area contributed by atoms with E-state index in [9.17, 15) is 4.79 Å². The summed E-state index contributed by atoms with van der Waals surface area (Å²) in [7, 11) is 0. The van der Waals surface area contributed by atoms with Crippen LogP contribution in [-0.4, -0.2) is 21.8 Å². The first-order chi connectivity index (χ1) is 11.5. The van der Waals surface area contributed by atoms with E-state index in [4.69, 9.17) is 22.1 Å². The number of nitrogens with one attached hydrogen (secondary N) is 1. The van der Waals surface area contributed by atoms with Crippen molar-refractivity contribution < 1.29 is 9.53 Å². The highest BCUT2D eigenvalue weighted by molar-refractivity contribution is 6.30. The zero-order valence-electron chi connectivity index (χ0n) is 13.4. The average Bonchev–Trinajstić information content (AvgIpc) is 2.54. The Morgan fingerprint density at radius 2 is 2.04 bits per heavy atom. The minimum Gasteiger partial charge on any atom is -0.452 e. The second kappa shape index (κ2) is 7.05. The van der Waals surface area contributed by atoms with Gasteiger partial charge in [-0.25, -0.2) is 4.98 Å². The smallest absolute Gasteiger partial charge is 0.222 e. The number of Topliss-reactive ketones (excluding diaryl/α,β-unsaturated/α-hetero) is 1. The molecule has 2 aromatic rings. The molecule has 0 spiro atoms. The number of halogens is 1. The molecule has 0 aliphatic heterocycles. The van der Waals surface area contributed by atoms with Crippen molar-refractivity contribution in [2.45, 2.75) is 38.6 Å². The van der Waals surface area contributed by atoms with Crippen LogP contribution in [0.2, 0.25) is 5.02 Å². The highest BCUT2D eigenvalue weighted by Gasteiger charge is 2.21. The Morgan fingerprint density at radius 3 is 2.75 bits per heavy atom. The molecule has 3 rings (SSSR count). The van der Waals surface area contributed by atoms with Crippen molar-refractivity contribution in [2.24, 2.45) is 0 Å². The topological polar surface area (TPSA) is 90.1 Å². The number of nitrogens with two attached hydrogens (primary N) is 1. The summed E-state index contributed by atoms with van der Waals surface area (Å²) in [6.07, 6.45) is 4.28. The summed E-state index contributed by atoms with van der Waals surface area (Å²) >= 11 is 5.98. The van der Waals surface area contributed by atoms with E-state index >= 15 is 0 Å². The number of rotatable bonds is 4. The number of carbonyl (C=O) groups is 1. The zero-order chi connectivity index (χ0) is 17.1. The molecule has 3 N–H and O–H groups in total. The molecule has 0 amide bonds. The molecule has 1 saturated carbocycles. The van der Waals surface area contributed by atoms with E-state index in [1.54, 1.807) is 18.3 Å². The van der Waals surface area contributed by atoms with Gasteiger partial charge >= 0.3 is 0 Å². The van der Waals surface area contributed by atoms with E-state index in [-0.39, 0.29) is 12.0 Å². The maximum atomic E-state index is 11.4. The molecule has 126 valence electrons. The van der Waals surface area contributed by atoms with Crippen LogP contribution < -0.4 is 15.8 Å². The number of nitrogens with zero attached hydrogens (tertiary/aromatic N) is 2. The van der Waals surface area contributed by atoms with E-state index in [0.29, 0.717) is 41.0 Å². The van der Waals surface area contributed by atoms with E-state index in [2.05, 4.69) is 15.3 Å². The second-order valence-electron chi connectivity index (χ2n) is 5.91. The maximum Gasteiger partial charge on any atom is 0.222 e.